The molecule has 3 nitrogen and oxygen atoms in total. The van der Waals surface area contributed by atoms with Gasteiger partial charge in [0.25, 0.3) is 0 Å². The van der Waals surface area contributed by atoms with Gasteiger partial charge in [0.05, 0.1) is 17.5 Å². The maximum Gasteiger partial charge on any atom is 0.498 e. The van der Waals surface area contributed by atoms with E-state index in [9.17, 15) is 0 Å². The standard InChI is InChI=1S/C22H23BO3/c1-21(2)22(3,4)26-23(25-21)18-15-24-20(17-13-9-6-10-14-17)19(18)16-11-7-5-8-12-16/h5-15H,1-4H3. The summed E-state index contributed by atoms with van der Waals surface area (Å²) in [6.45, 7) is 8.25. The Bertz CT molecular complexity index is 882. The Hall–Kier alpha value is -2.30. The lowest BCUT2D eigenvalue weighted by atomic mass is 9.76. The van der Waals surface area contributed by atoms with Crippen molar-refractivity contribution in [2.75, 3.05) is 0 Å². The third-order valence-corrected chi connectivity index (χ3v) is 5.43. The van der Waals surface area contributed by atoms with Crippen LogP contribution in [-0.2, 0) is 9.31 Å². The summed E-state index contributed by atoms with van der Waals surface area (Å²) in [5.41, 5.74) is 3.29. The molecule has 0 aliphatic carbocycles. The molecule has 4 rings (SSSR count). The van der Waals surface area contributed by atoms with E-state index < -0.39 is 18.3 Å². The first kappa shape index (κ1) is 17.1. The van der Waals surface area contributed by atoms with Crippen molar-refractivity contribution in [3.63, 3.8) is 0 Å². The molecule has 4 heteroatoms. The van der Waals surface area contributed by atoms with Crippen molar-refractivity contribution < 1.29 is 13.7 Å². The largest absolute Gasteiger partial charge is 0.498 e. The second-order valence-electron chi connectivity index (χ2n) is 7.72. The Morgan fingerprint density at radius 3 is 1.73 bits per heavy atom. The molecule has 1 saturated heterocycles. The van der Waals surface area contributed by atoms with Crippen LogP contribution < -0.4 is 5.46 Å². The molecule has 2 aromatic carbocycles. The SMILES string of the molecule is CC1(C)OB(c2coc(-c3ccccc3)c2-c2ccccc2)OC1(C)C. The van der Waals surface area contributed by atoms with Crippen molar-refractivity contribution in [2.45, 2.75) is 38.9 Å². The molecule has 0 atom stereocenters. The number of hydrogen-bond acceptors (Lipinski definition) is 3. The van der Waals surface area contributed by atoms with Crippen molar-refractivity contribution in [3.05, 3.63) is 66.9 Å². The van der Waals surface area contributed by atoms with Gasteiger partial charge in [-0.3, -0.25) is 0 Å². The average molecular weight is 346 g/mol. The van der Waals surface area contributed by atoms with Gasteiger partial charge in [-0.2, -0.15) is 0 Å². The molecule has 0 amide bonds. The highest BCUT2D eigenvalue weighted by atomic mass is 16.7. The van der Waals surface area contributed by atoms with E-state index in [4.69, 9.17) is 13.7 Å². The maximum atomic E-state index is 6.28. The zero-order valence-corrected chi connectivity index (χ0v) is 15.7. The Morgan fingerprint density at radius 1 is 0.692 bits per heavy atom. The van der Waals surface area contributed by atoms with Crippen LogP contribution in [0.25, 0.3) is 22.5 Å². The fourth-order valence-electron chi connectivity index (χ4n) is 3.22. The van der Waals surface area contributed by atoms with Gasteiger partial charge in [0.15, 0.2) is 0 Å². The van der Waals surface area contributed by atoms with Crippen LogP contribution >= 0.6 is 0 Å². The number of hydrogen-bond donors (Lipinski definition) is 0. The van der Waals surface area contributed by atoms with E-state index in [0.717, 1.165) is 27.9 Å². The second kappa shape index (κ2) is 6.15. The molecule has 2 heterocycles. The van der Waals surface area contributed by atoms with E-state index in [0.29, 0.717) is 0 Å². The predicted octanol–water partition coefficient (Wildman–Crippen LogP) is 4.91. The molecule has 26 heavy (non-hydrogen) atoms. The van der Waals surface area contributed by atoms with Gasteiger partial charge >= 0.3 is 7.12 Å². The molecule has 0 bridgehead atoms. The second-order valence-corrected chi connectivity index (χ2v) is 7.72. The van der Waals surface area contributed by atoms with Crippen LogP contribution in [0.2, 0.25) is 0 Å². The van der Waals surface area contributed by atoms with Crippen molar-refractivity contribution >= 4 is 12.6 Å². The van der Waals surface area contributed by atoms with Crippen molar-refractivity contribution in [3.8, 4) is 22.5 Å². The number of furan rings is 1. The molecule has 0 radical (unpaired) electrons. The maximum absolute atomic E-state index is 6.28. The Labute approximate surface area is 155 Å². The van der Waals surface area contributed by atoms with Crippen LogP contribution in [0.4, 0.5) is 0 Å². The first-order chi connectivity index (χ1) is 12.4. The normalized spacial score (nSPS) is 18.2. The van der Waals surface area contributed by atoms with E-state index in [-0.39, 0.29) is 0 Å². The lowest BCUT2D eigenvalue weighted by molar-refractivity contribution is 0.00578. The number of rotatable bonds is 3. The molecule has 132 valence electrons. The average Bonchev–Trinajstić information content (AvgIpc) is 3.15. The Kier molecular flexibility index (Phi) is 4.05. The zero-order valence-electron chi connectivity index (χ0n) is 15.7. The van der Waals surface area contributed by atoms with E-state index in [1.807, 2.05) is 36.4 Å². The summed E-state index contributed by atoms with van der Waals surface area (Å²) >= 11 is 0. The van der Waals surface area contributed by atoms with Crippen LogP contribution in [0.3, 0.4) is 0 Å². The summed E-state index contributed by atoms with van der Waals surface area (Å²) in [5.74, 6) is 0.835. The van der Waals surface area contributed by atoms with E-state index in [2.05, 4.69) is 52.0 Å². The monoisotopic (exact) mass is 346 g/mol. The molecular formula is C22H23BO3. The molecule has 0 saturated carbocycles. The molecule has 3 aromatic rings. The molecule has 1 aliphatic heterocycles. The smallest absolute Gasteiger partial charge is 0.464 e. The summed E-state index contributed by atoms with van der Waals surface area (Å²) in [6.07, 6.45) is 1.77. The fourth-order valence-corrected chi connectivity index (χ4v) is 3.22. The van der Waals surface area contributed by atoms with Gasteiger partial charge in [0, 0.05) is 16.6 Å². The fraction of sp³-hybridized carbons (Fsp3) is 0.273. The first-order valence-corrected chi connectivity index (χ1v) is 8.97. The highest BCUT2D eigenvalue weighted by Gasteiger charge is 2.53. The predicted molar refractivity (Wildman–Crippen MR) is 105 cm³/mol. The van der Waals surface area contributed by atoms with Crippen molar-refractivity contribution in [1.82, 2.24) is 0 Å². The van der Waals surface area contributed by atoms with Gasteiger partial charge in [0.2, 0.25) is 0 Å². The van der Waals surface area contributed by atoms with Crippen LogP contribution in [0.1, 0.15) is 27.7 Å². The van der Waals surface area contributed by atoms with Crippen molar-refractivity contribution in [1.29, 1.82) is 0 Å². The minimum absolute atomic E-state index is 0.393. The van der Waals surface area contributed by atoms with Gasteiger partial charge in [-0.15, -0.1) is 0 Å². The summed E-state index contributed by atoms with van der Waals surface area (Å²) < 4.78 is 18.6. The van der Waals surface area contributed by atoms with E-state index in [1.165, 1.54) is 0 Å². The molecular weight excluding hydrogens is 323 g/mol. The number of benzene rings is 2. The van der Waals surface area contributed by atoms with Gasteiger partial charge in [-0.25, -0.2) is 0 Å². The van der Waals surface area contributed by atoms with Gasteiger partial charge < -0.3 is 13.7 Å². The third kappa shape index (κ3) is 2.79. The van der Waals surface area contributed by atoms with Crippen LogP contribution in [0.5, 0.6) is 0 Å². The third-order valence-electron chi connectivity index (χ3n) is 5.43. The summed E-state index contributed by atoms with van der Waals surface area (Å²) in [7, 11) is -0.462. The quantitative estimate of drug-likeness (QED) is 0.632. The van der Waals surface area contributed by atoms with Gasteiger partial charge in [0.1, 0.15) is 5.76 Å². The Morgan fingerprint density at radius 2 is 1.19 bits per heavy atom. The van der Waals surface area contributed by atoms with Crippen LogP contribution in [0, 0.1) is 0 Å². The highest BCUT2D eigenvalue weighted by molar-refractivity contribution is 6.64. The summed E-state index contributed by atoms with van der Waals surface area (Å²) in [5, 5.41) is 0. The lowest BCUT2D eigenvalue weighted by Crippen LogP contribution is -2.41. The van der Waals surface area contributed by atoms with Crippen LogP contribution in [0.15, 0.2) is 71.3 Å². The molecule has 1 aliphatic rings. The summed E-state index contributed by atoms with van der Waals surface area (Å²) in [4.78, 5) is 0. The van der Waals surface area contributed by atoms with Crippen LogP contribution in [-0.4, -0.2) is 18.3 Å². The molecule has 0 N–H and O–H groups in total. The summed E-state index contributed by atoms with van der Waals surface area (Å²) in [6, 6.07) is 20.4. The first-order valence-electron chi connectivity index (χ1n) is 8.97. The Balaban J connectivity index is 1.86. The van der Waals surface area contributed by atoms with E-state index >= 15 is 0 Å². The topological polar surface area (TPSA) is 31.6 Å². The molecule has 0 unspecified atom stereocenters. The molecule has 1 aromatic heterocycles. The van der Waals surface area contributed by atoms with Crippen molar-refractivity contribution in [2.24, 2.45) is 0 Å². The van der Waals surface area contributed by atoms with E-state index in [1.54, 1.807) is 6.26 Å². The lowest BCUT2D eigenvalue weighted by Gasteiger charge is -2.32. The van der Waals surface area contributed by atoms with Gasteiger partial charge in [-0.05, 0) is 33.3 Å². The highest BCUT2D eigenvalue weighted by Crippen LogP contribution is 2.39. The van der Waals surface area contributed by atoms with Gasteiger partial charge in [-0.1, -0.05) is 60.7 Å². The minimum Gasteiger partial charge on any atom is -0.464 e. The minimum atomic E-state index is -0.462. The zero-order chi connectivity index (χ0) is 18.4. The molecule has 0 spiro atoms. The molecule has 1 fully saturated rings.